The lowest BCUT2D eigenvalue weighted by Crippen LogP contribution is -2.03. The minimum atomic E-state index is -4.77. The largest absolute Gasteiger partial charge is 0.350 e. The van der Waals surface area contributed by atoms with Crippen LogP contribution in [0, 0.1) is 6.92 Å². The van der Waals surface area contributed by atoms with Gasteiger partial charge in [0.1, 0.15) is 5.65 Å². The highest BCUT2D eigenvalue weighted by atomic mass is 32.3. The highest BCUT2D eigenvalue weighted by Crippen LogP contribution is 2.26. The van der Waals surface area contributed by atoms with Crippen molar-refractivity contribution in [1.82, 2.24) is 9.38 Å². The van der Waals surface area contributed by atoms with Crippen LogP contribution in [0.2, 0.25) is 0 Å². The summed E-state index contributed by atoms with van der Waals surface area (Å²) in [5.41, 5.74) is 1.66. The summed E-state index contributed by atoms with van der Waals surface area (Å²) in [6.45, 7) is 5.43. The van der Waals surface area contributed by atoms with Crippen LogP contribution in [0.3, 0.4) is 0 Å². The molecule has 0 N–H and O–H groups in total. The topological polar surface area (TPSA) is 51.4 Å². The van der Waals surface area contributed by atoms with E-state index in [1.807, 2.05) is 6.92 Å². The predicted octanol–water partition coefficient (Wildman–Crippen LogP) is 2.42. The van der Waals surface area contributed by atoms with Crippen molar-refractivity contribution in [3.63, 3.8) is 0 Å². The smallest absolute Gasteiger partial charge is 0.288 e. The van der Waals surface area contributed by atoms with Gasteiger partial charge in [-0.3, -0.25) is 4.40 Å². The van der Waals surface area contributed by atoms with Crippen LogP contribution in [0.25, 0.3) is 5.65 Å². The first-order valence-corrected chi connectivity index (χ1v) is 6.62. The molecule has 2 aromatic heterocycles. The van der Waals surface area contributed by atoms with Gasteiger partial charge in [-0.15, -0.1) is 0 Å². The summed E-state index contributed by atoms with van der Waals surface area (Å²) in [6, 6.07) is 3.44. The minimum Gasteiger partial charge on any atom is -0.288 e. The summed E-state index contributed by atoms with van der Waals surface area (Å²) >= 11 is 0. The minimum absolute atomic E-state index is 0.157. The van der Waals surface area contributed by atoms with Gasteiger partial charge < -0.3 is 0 Å². The van der Waals surface area contributed by atoms with E-state index in [1.165, 1.54) is 10.6 Å². The fraction of sp³-hybridized carbons (Fsp3) is 0.364. The SMILES string of the molecule is Cc1ccn2c(S(=O)(=O)F)c(C(C)C)nc2c1. The quantitative estimate of drug-likeness (QED) is 0.775. The lowest BCUT2D eigenvalue weighted by atomic mass is 10.2. The maximum Gasteiger partial charge on any atom is 0.350 e. The highest BCUT2D eigenvalue weighted by Gasteiger charge is 2.26. The van der Waals surface area contributed by atoms with Crippen LogP contribution >= 0.6 is 0 Å². The Bertz CT molecular complexity index is 674. The Morgan fingerprint density at radius 3 is 2.59 bits per heavy atom. The molecule has 6 heteroatoms. The van der Waals surface area contributed by atoms with Gasteiger partial charge in [0, 0.05) is 6.20 Å². The maximum absolute atomic E-state index is 13.3. The van der Waals surface area contributed by atoms with Crippen LogP contribution in [0.15, 0.2) is 23.4 Å². The van der Waals surface area contributed by atoms with E-state index in [1.54, 1.807) is 26.0 Å². The summed E-state index contributed by atoms with van der Waals surface area (Å²) in [5.74, 6) is -0.157. The molecule has 0 aliphatic rings. The first-order valence-electron chi connectivity index (χ1n) is 5.24. The highest BCUT2D eigenvalue weighted by molar-refractivity contribution is 7.86. The number of imidazole rings is 1. The molecule has 4 nitrogen and oxygen atoms in total. The van der Waals surface area contributed by atoms with Crippen LogP contribution in [0.5, 0.6) is 0 Å². The normalized spacial score (nSPS) is 12.5. The third kappa shape index (κ3) is 2.04. The van der Waals surface area contributed by atoms with Crippen LogP contribution < -0.4 is 0 Å². The lowest BCUT2D eigenvalue weighted by molar-refractivity contribution is 0.543. The molecule has 0 unspecified atom stereocenters. The Kier molecular flexibility index (Phi) is 2.69. The van der Waals surface area contributed by atoms with Gasteiger partial charge in [0.25, 0.3) is 0 Å². The van der Waals surface area contributed by atoms with Crippen LogP contribution in [-0.2, 0) is 10.2 Å². The Morgan fingerprint density at radius 1 is 1.41 bits per heavy atom. The van der Waals surface area contributed by atoms with Gasteiger partial charge in [0.2, 0.25) is 0 Å². The number of hydrogen-bond acceptors (Lipinski definition) is 3. The van der Waals surface area contributed by atoms with Crippen molar-refractivity contribution in [3.05, 3.63) is 29.6 Å². The van der Waals surface area contributed by atoms with Crippen LogP contribution in [0.4, 0.5) is 3.89 Å². The molecular formula is C11H13FN2O2S. The van der Waals surface area contributed by atoms with Gasteiger partial charge in [-0.2, -0.15) is 8.42 Å². The molecule has 0 spiro atoms. The molecule has 2 aromatic rings. The van der Waals surface area contributed by atoms with E-state index in [2.05, 4.69) is 4.98 Å². The van der Waals surface area contributed by atoms with E-state index in [9.17, 15) is 12.3 Å². The molecule has 0 radical (unpaired) electrons. The molecule has 0 saturated carbocycles. The molecule has 0 saturated heterocycles. The second kappa shape index (κ2) is 3.80. The van der Waals surface area contributed by atoms with Crippen LogP contribution in [-0.4, -0.2) is 17.8 Å². The fourth-order valence-corrected chi connectivity index (χ4v) is 2.68. The van der Waals surface area contributed by atoms with Crippen molar-refractivity contribution in [2.75, 3.05) is 0 Å². The fourth-order valence-electron chi connectivity index (χ4n) is 1.76. The third-order valence-corrected chi connectivity index (χ3v) is 3.41. The Morgan fingerprint density at radius 2 is 2.06 bits per heavy atom. The molecule has 0 fully saturated rings. The van der Waals surface area contributed by atoms with E-state index in [0.717, 1.165) is 5.56 Å². The van der Waals surface area contributed by atoms with Gasteiger partial charge in [-0.1, -0.05) is 17.7 Å². The summed E-state index contributed by atoms with van der Waals surface area (Å²) in [5, 5.41) is -0.359. The van der Waals surface area contributed by atoms with Crippen molar-refractivity contribution in [1.29, 1.82) is 0 Å². The zero-order valence-corrected chi connectivity index (χ0v) is 10.6. The number of halogens is 1. The molecule has 0 aliphatic carbocycles. The number of hydrogen-bond donors (Lipinski definition) is 0. The summed E-state index contributed by atoms with van der Waals surface area (Å²) < 4.78 is 37.0. The van der Waals surface area contributed by atoms with E-state index < -0.39 is 10.2 Å². The van der Waals surface area contributed by atoms with Crippen molar-refractivity contribution in [2.24, 2.45) is 0 Å². The van der Waals surface area contributed by atoms with Crippen molar-refractivity contribution >= 4 is 15.9 Å². The number of pyridine rings is 1. The van der Waals surface area contributed by atoms with Crippen LogP contribution in [0.1, 0.15) is 31.0 Å². The molecule has 17 heavy (non-hydrogen) atoms. The summed E-state index contributed by atoms with van der Waals surface area (Å²) in [6.07, 6.45) is 1.52. The molecular weight excluding hydrogens is 243 g/mol. The molecule has 0 aromatic carbocycles. The first-order chi connectivity index (χ1) is 7.80. The average Bonchev–Trinajstić information content (AvgIpc) is 2.55. The molecule has 0 aliphatic heterocycles. The first kappa shape index (κ1) is 12.0. The van der Waals surface area contributed by atoms with E-state index in [4.69, 9.17) is 0 Å². The standard InChI is InChI=1S/C11H13FN2O2S/c1-7(2)10-11(17(12,15)16)14-5-4-8(3)6-9(14)13-10/h4-7H,1-3H3. The van der Waals surface area contributed by atoms with Crippen molar-refractivity contribution in [3.8, 4) is 0 Å². The maximum atomic E-state index is 13.3. The second-order valence-electron chi connectivity index (χ2n) is 4.33. The zero-order chi connectivity index (χ0) is 12.8. The van der Waals surface area contributed by atoms with Gasteiger partial charge in [0.05, 0.1) is 5.69 Å². The Labute approximate surface area is 99.3 Å². The second-order valence-corrected chi connectivity index (χ2v) is 5.59. The summed E-state index contributed by atoms with van der Waals surface area (Å²) in [7, 11) is -4.77. The molecule has 2 heterocycles. The molecule has 0 atom stereocenters. The van der Waals surface area contributed by atoms with Crippen molar-refractivity contribution < 1.29 is 12.3 Å². The van der Waals surface area contributed by atoms with Gasteiger partial charge in [0.15, 0.2) is 5.03 Å². The van der Waals surface area contributed by atoms with Gasteiger partial charge in [-0.05, 0) is 30.5 Å². The zero-order valence-electron chi connectivity index (χ0n) is 9.81. The lowest BCUT2D eigenvalue weighted by Gasteiger charge is -2.02. The summed E-state index contributed by atoms with van der Waals surface area (Å²) in [4.78, 5) is 4.18. The monoisotopic (exact) mass is 256 g/mol. The number of fused-ring (bicyclic) bond motifs is 1. The number of aromatic nitrogens is 2. The Balaban J connectivity index is 2.91. The average molecular weight is 256 g/mol. The number of rotatable bonds is 2. The predicted molar refractivity (Wildman–Crippen MR) is 62.3 cm³/mol. The number of nitrogens with zero attached hydrogens (tertiary/aromatic N) is 2. The van der Waals surface area contributed by atoms with Gasteiger partial charge in [-0.25, -0.2) is 4.98 Å². The van der Waals surface area contributed by atoms with E-state index in [-0.39, 0.29) is 16.6 Å². The van der Waals surface area contributed by atoms with E-state index >= 15 is 0 Å². The molecule has 92 valence electrons. The third-order valence-electron chi connectivity index (χ3n) is 2.54. The molecule has 2 rings (SSSR count). The Hall–Kier alpha value is -1.43. The van der Waals surface area contributed by atoms with E-state index in [0.29, 0.717) is 5.65 Å². The molecule has 0 bridgehead atoms. The number of aryl methyl sites for hydroxylation is 1. The van der Waals surface area contributed by atoms with Gasteiger partial charge >= 0.3 is 10.2 Å². The molecule has 0 amide bonds. The van der Waals surface area contributed by atoms with Crippen molar-refractivity contribution in [2.45, 2.75) is 31.7 Å².